The minimum atomic E-state index is -0.755. The molecule has 0 unspecified atom stereocenters. The van der Waals surface area contributed by atoms with E-state index in [0.29, 0.717) is 28.4 Å². The minimum absolute atomic E-state index is 0.137. The summed E-state index contributed by atoms with van der Waals surface area (Å²) < 4.78 is 0. The first-order valence-corrected chi connectivity index (χ1v) is 10.8. The number of hydrogen-bond donors (Lipinski definition) is 1. The summed E-state index contributed by atoms with van der Waals surface area (Å²) in [5.41, 5.74) is 3.46. The van der Waals surface area contributed by atoms with Gasteiger partial charge in [-0.2, -0.15) is 0 Å². The number of piperazine rings is 1. The number of benzene rings is 3. The summed E-state index contributed by atoms with van der Waals surface area (Å²) in [6, 6.07) is 21.4. The lowest BCUT2D eigenvalue weighted by Crippen LogP contribution is -2.59. The first kappa shape index (κ1) is 20.3. The van der Waals surface area contributed by atoms with E-state index in [-0.39, 0.29) is 30.8 Å². The molecule has 0 bridgehead atoms. The van der Waals surface area contributed by atoms with Gasteiger partial charge in [0.2, 0.25) is 5.91 Å². The second-order valence-electron chi connectivity index (χ2n) is 7.89. The number of nitrogens with zero attached hydrogens (tertiary/aromatic N) is 2. The summed E-state index contributed by atoms with van der Waals surface area (Å²) in [6.07, 6.45) is 0. The number of fused-ring (bicyclic) bond motifs is 2. The first-order chi connectivity index (χ1) is 15.5. The van der Waals surface area contributed by atoms with Gasteiger partial charge in [0, 0.05) is 23.7 Å². The largest absolute Gasteiger partial charge is 0.334 e. The highest BCUT2D eigenvalue weighted by Crippen LogP contribution is 2.28. The molecule has 2 aliphatic rings. The van der Waals surface area contributed by atoms with E-state index in [2.05, 4.69) is 5.32 Å². The van der Waals surface area contributed by atoms with Crippen molar-refractivity contribution >= 4 is 35.0 Å². The molecule has 3 aromatic carbocycles. The van der Waals surface area contributed by atoms with Crippen LogP contribution in [0.4, 0.5) is 5.69 Å². The Bertz CT molecular complexity index is 1210. The van der Waals surface area contributed by atoms with Crippen molar-refractivity contribution in [2.75, 3.05) is 25.0 Å². The van der Waals surface area contributed by atoms with Gasteiger partial charge < -0.3 is 15.1 Å². The number of rotatable bonds is 2. The highest BCUT2D eigenvalue weighted by Gasteiger charge is 2.40. The zero-order valence-electron chi connectivity index (χ0n) is 17.1. The maximum absolute atomic E-state index is 13.1. The predicted molar refractivity (Wildman–Crippen MR) is 123 cm³/mol. The van der Waals surface area contributed by atoms with E-state index in [4.69, 9.17) is 11.6 Å². The Morgan fingerprint density at radius 1 is 0.906 bits per heavy atom. The van der Waals surface area contributed by atoms with Crippen LogP contribution in [0, 0.1) is 0 Å². The number of carbonyl (C=O) groups is 3. The van der Waals surface area contributed by atoms with E-state index >= 15 is 0 Å². The van der Waals surface area contributed by atoms with Crippen molar-refractivity contribution in [3.05, 3.63) is 88.9 Å². The lowest BCUT2D eigenvalue weighted by atomic mass is 10.0. The van der Waals surface area contributed by atoms with Crippen molar-refractivity contribution in [1.82, 2.24) is 9.80 Å². The van der Waals surface area contributed by atoms with Gasteiger partial charge in [0.25, 0.3) is 11.8 Å². The van der Waals surface area contributed by atoms with Gasteiger partial charge in [-0.15, -0.1) is 0 Å². The summed E-state index contributed by atoms with van der Waals surface area (Å²) >= 11 is 6.05. The first-order valence-electron chi connectivity index (χ1n) is 10.4. The summed E-state index contributed by atoms with van der Waals surface area (Å²) in [5.74, 6) is -0.726. The third-order valence-electron chi connectivity index (χ3n) is 5.94. The van der Waals surface area contributed by atoms with Crippen molar-refractivity contribution in [3.8, 4) is 11.1 Å². The smallest absolute Gasteiger partial charge is 0.256 e. The van der Waals surface area contributed by atoms with Crippen molar-refractivity contribution < 1.29 is 14.4 Å². The standard InChI is InChI=1S/C25H20ClN3O3/c26-19-10-11-21-20(14-19)25(32)29-13-12-28(15-22(29)23(30)27-21)24(31)18-8-6-17(7-9-18)16-4-2-1-3-5-16/h1-11,14,22H,12-13,15H2,(H,27,30)/t22-/m0/s1. The van der Waals surface area contributed by atoms with Crippen LogP contribution in [0.25, 0.3) is 11.1 Å². The van der Waals surface area contributed by atoms with Gasteiger partial charge in [0.05, 0.1) is 17.8 Å². The molecule has 160 valence electrons. The van der Waals surface area contributed by atoms with Gasteiger partial charge in [-0.1, -0.05) is 54.1 Å². The zero-order valence-corrected chi connectivity index (χ0v) is 17.9. The topological polar surface area (TPSA) is 69.7 Å². The molecule has 1 saturated heterocycles. The number of amides is 3. The fourth-order valence-electron chi connectivity index (χ4n) is 4.23. The van der Waals surface area contributed by atoms with E-state index < -0.39 is 6.04 Å². The monoisotopic (exact) mass is 445 g/mol. The Hall–Kier alpha value is -3.64. The molecule has 7 heteroatoms. The number of carbonyl (C=O) groups excluding carboxylic acids is 3. The highest BCUT2D eigenvalue weighted by molar-refractivity contribution is 6.31. The number of nitrogens with one attached hydrogen (secondary N) is 1. The second kappa shape index (κ2) is 8.13. The van der Waals surface area contributed by atoms with Crippen LogP contribution >= 0.6 is 11.6 Å². The molecule has 1 atom stereocenters. The molecule has 1 fully saturated rings. The number of hydrogen-bond acceptors (Lipinski definition) is 3. The van der Waals surface area contributed by atoms with E-state index in [1.165, 1.54) is 4.90 Å². The Kier molecular flexibility index (Phi) is 5.15. The maximum atomic E-state index is 13.1. The molecule has 0 radical (unpaired) electrons. The fourth-order valence-corrected chi connectivity index (χ4v) is 4.40. The highest BCUT2D eigenvalue weighted by atomic mass is 35.5. The lowest BCUT2D eigenvalue weighted by molar-refractivity contribution is -0.121. The molecule has 0 spiro atoms. The Labute approximate surface area is 190 Å². The van der Waals surface area contributed by atoms with Crippen LogP contribution in [0.1, 0.15) is 20.7 Å². The Morgan fingerprint density at radius 2 is 1.62 bits per heavy atom. The van der Waals surface area contributed by atoms with Crippen LogP contribution in [0.5, 0.6) is 0 Å². The van der Waals surface area contributed by atoms with Crippen LogP contribution in [0.3, 0.4) is 0 Å². The molecule has 3 amide bonds. The van der Waals surface area contributed by atoms with Crippen LogP contribution in [-0.4, -0.2) is 53.2 Å². The zero-order chi connectivity index (χ0) is 22.2. The molecule has 2 heterocycles. The number of anilines is 1. The summed E-state index contributed by atoms with van der Waals surface area (Å²) in [7, 11) is 0. The average Bonchev–Trinajstić information content (AvgIpc) is 2.93. The number of halogens is 1. The van der Waals surface area contributed by atoms with Gasteiger partial charge in [-0.05, 0) is 41.5 Å². The van der Waals surface area contributed by atoms with Gasteiger partial charge >= 0.3 is 0 Å². The van der Waals surface area contributed by atoms with Gasteiger partial charge in [0.1, 0.15) is 6.04 Å². The van der Waals surface area contributed by atoms with Gasteiger partial charge in [-0.3, -0.25) is 14.4 Å². The van der Waals surface area contributed by atoms with Crippen LogP contribution in [0.15, 0.2) is 72.8 Å². The predicted octanol–water partition coefficient (Wildman–Crippen LogP) is 3.93. The van der Waals surface area contributed by atoms with E-state index in [1.807, 2.05) is 42.5 Å². The van der Waals surface area contributed by atoms with E-state index in [9.17, 15) is 14.4 Å². The summed E-state index contributed by atoms with van der Waals surface area (Å²) in [4.78, 5) is 42.2. The van der Waals surface area contributed by atoms with E-state index in [0.717, 1.165) is 11.1 Å². The quantitative estimate of drug-likeness (QED) is 0.649. The van der Waals surface area contributed by atoms with Crippen LogP contribution in [-0.2, 0) is 4.79 Å². The lowest BCUT2D eigenvalue weighted by Gasteiger charge is -2.39. The molecule has 3 aromatic rings. The maximum Gasteiger partial charge on any atom is 0.256 e. The summed E-state index contributed by atoms with van der Waals surface area (Å²) in [6.45, 7) is 0.764. The molecular formula is C25H20ClN3O3. The molecular weight excluding hydrogens is 426 g/mol. The van der Waals surface area contributed by atoms with Crippen LogP contribution < -0.4 is 5.32 Å². The fraction of sp³-hybridized carbons (Fsp3) is 0.160. The van der Waals surface area contributed by atoms with E-state index in [1.54, 1.807) is 35.2 Å². The third-order valence-corrected chi connectivity index (χ3v) is 6.18. The van der Waals surface area contributed by atoms with Crippen molar-refractivity contribution in [2.45, 2.75) is 6.04 Å². The minimum Gasteiger partial charge on any atom is -0.334 e. The molecule has 0 aromatic heterocycles. The molecule has 1 N–H and O–H groups in total. The summed E-state index contributed by atoms with van der Waals surface area (Å²) in [5, 5.41) is 3.23. The van der Waals surface area contributed by atoms with Crippen molar-refractivity contribution in [3.63, 3.8) is 0 Å². The van der Waals surface area contributed by atoms with Crippen molar-refractivity contribution in [2.24, 2.45) is 0 Å². The van der Waals surface area contributed by atoms with Crippen LogP contribution in [0.2, 0.25) is 5.02 Å². The average molecular weight is 446 g/mol. The van der Waals surface area contributed by atoms with Gasteiger partial charge in [0.15, 0.2) is 0 Å². The Balaban J connectivity index is 1.35. The SMILES string of the molecule is O=C1Nc2ccc(Cl)cc2C(=O)N2CCN(C(=O)c3ccc(-c4ccccc4)cc3)C[C@@H]12. The Morgan fingerprint density at radius 3 is 2.38 bits per heavy atom. The molecule has 32 heavy (non-hydrogen) atoms. The normalized spacial score (nSPS) is 17.8. The molecule has 6 nitrogen and oxygen atoms in total. The van der Waals surface area contributed by atoms with Crippen molar-refractivity contribution in [1.29, 1.82) is 0 Å². The molecule has 0 aliphatic carbocycles. The molecule has 2 aliphatic heterocycles. The van der Waals surface area contributed by atoms with Gasteiger partial charge in [-0.25, -0.2) is 0 Å². The second-order valence-corrected chi connectivity index (χ2v) is 8.32. The molecule has 0 saturated carbocycles. The third kappa shape index (κ3) is 3.63. The molecule has 5 rings (SSSR count).